The van der Waals surface area contributed by atoms with Gasteiger partial charge < -0.3 is 5.73 Å². The average molecular weight is 310 g/mol. The fourth-order valence-electron chi connectivity index (χ4n) is 1.79. The predicted molar refractivity (Wildman–Crippen MR) is 70.3 cm³/mol. The number of hydrogen-bond donors (Lipinski definition) is 1. The van der Waals surface area contributed by atoms with E-state index in [-0.39, 0.29) is 13.1 Å². The third-order valence-electron chi connectivity index (χ3n) is 2.78. The molecule has 1 rings (SSSR count). The van der Waals surface area contributed by atoms with Gasteiger partial charge in [0.15, 0.2) is 0 Å². The van der Waals surface area contributed by atoms with E-state index >= 15 is 0 Å². The Balaban J connectivity index is 2.98. The van der Waals surface area contributed by atoms with Gasteiger partial charge in [-0.1, -0.05) is 31.2 Å². The molecule has 0 bridgehead atoms. The molecule has 4 nitrogen and oxygen atoms in total. The van der Waals surface area contributed by atoms with Gasteiger partial charge in [-0.3, -0.25) is 0 Å². The summed E-state index contributed by atoms with van der Waals surface area (Å²) in [4.78, 5) is 0. The Morgan fingerprint density at radius 1 is 1.20 bits per heavy atom. The Labute approximate surface area is 116 Å². The first-order valence-electron chi connectivity index (χ1n) is 6.01. The summed E-state index contributed by atoms with van der Waals surface area (Å²) >= 11 is 0. The second-order valence-corrected chi connectivity index (χ2v) is 6.24. The van der Waals surface area contributed by atoms with Crippen LogP contribution in [-0.2, 0) is 22.3 Å². The van der Waals surface area contributed by atoms with Gasteiger partial charge in [0.2, 0.25) is 10.0 Å². The van der Waals surface area contributed by atoms with Gasteiger partial charge in [-0.15, -0.1) is 0 Å². The highest BCUT2D eigenvalue weighted by atomic mass is 32.2. The van der Waals surface area contributed by atoms with E-state index < -0.39 is 28.5 Å². The molecule has 0 aromatic heterocycles. The topological polar surface area (TPSA) is 63.4 Å². The fraction of sp³-hybridized carbons (Fsp3) is 0.500. The van der Waals surface area contributed by atoms with Gasteiger partial charge in [0.05, 0.1) is 5.75 Å². The van der Waals surface area contributed by atoms with Crippen LogP contribution in [0.1, 0.15) is 18.1 Å². The fourth-order valence-corrected chi connectivity index (χ4v) is 3.39. The van der Waals surface area contributed by atoms with Crippen molar-refractivity contribution in [3.8, 4) is 0 Å². The SMILES string of the molecule is CCN(CC(F)(F)F)S(=O)(=O)Cc1ccccc1CN. The lowest BCUT2D eigenvalue weighted by molar-refractivity contribution is -0.135. The number of hydrogen-bond acceptors (Lipinski definition) is 3. The van der Waals surface area contributed by atoms with Crippen molar-refractivity contribution in [3.63, 3.8) is 0 Å². The molecule has 114 valence electrons. The molecule has 0 saturated heterocycles. The largest absolute Gasteiger partial charge is 0.402 e. The normalized spacial score (nSPS) is 12.9. The molecule has 1 aromatic carbocycles. The smallest absolute Gasteiger partial charge is 0.326 e. The maximum absolute atomic E-state index is 12.4. The first kappa shape index (κ1) is 16.9. The van der Waals surface area contributed by atoms with E-state index in [0.29, 0.717) is 15.4 Å². The van der Waals surface area contributed by atoms with E-state index in [4.69, 9.17) is 5.73 Å². The molecule has 0 saturated carbocycles. The van der Waals surface area contributed by atoms with E-state index in [1.54, 1.807) is 24.3 Å². The molecular weight excluding hydrogens is 293 g/mol. The number of alkyl halides is 3. The van der Waals surface area contributed by atoms with E-state index in [1.165, 1.54) is 6.92 Å². The summed E-state index contributed by atoms with van der Waals surface area (Å²) in [7, 11) is -4.03. The van der Waals surface area contributed by atoms with Crippen LogP contribution in [0.3, 0.4) is 0 Å². The van der Waals surface area contributed by atoms with E-state index in [0.717, 1.165) is 0 Å². The Hall–Kier alpha value is -1.12. The van der Waals surface area contributed by atoms with Crippen LogP contribution in [0.15, 0.2) is 24.3 Å². The van der Waals surface area contributed by atoms with Gasteiger partial charge in [-0.25, -0.2) is 8.42 Å². The van der Waals surface area contributed by atoms with E-state index in [1.807, 2.05) is 0 Å². The van der Waals surface area contributed by atoms with Gasteiger partial charge >= 0.3 is 6.18 Å². The van der Waals surface area contributed by atoms with Crippen molar-refractivity contribution in [3.05, 3.63) is 35.4 Å². The summed E-state index contributed by atoms with van der Waals surface area (Å²) in [6.07, 6.45) is -4.56. The molecule has 1 aromatic rings. The zero-order valence-corrected chi connectivity index (χ0v) is 11.8. The highest BCUT2D eigenvalue weighted by molar-refractivity contribution is 7.88. The number of rotatable bonds is 6. The van der Waals surface area contributed by atoms with Crippen molar-refractivity contribution >= 4 is 10.0 Å². The molecule has 0 fully saturated rings. The molecule has 2 N–H and O–H groups in total. The summed E-state index contributed by atoms with van der Waals surface area (Å²) < 4.78 is 61.7. The van der Waals surface area contributed by atoms with E-state index in [2.05, 4.69) is 0 Å². The molecule has 0 aliphatic heterocycles. The van der Waals surface area contributed by atoms with Crippen molar-refractivity contribution in [1.82, 2.24) is 4.31 Å². The molecule has 0 unspecified atom stereocenters. The average Bonchev–Trinajstić information content (AvgIpc) is 2.35. The predicted octanol–water partition coefficient (Wildman–Crippen LogP) is 1.86. The summed E-state index contributed by atoms with van der Waals surface area (Å²) in [6, 6.07) is 6.54. The number of benzene rings is 1. The lowest BCUT2D eigenvalue weighted by Crippen LogP contribution is -2.39. The number of sulfonamides is 1. The summed E-state index contributed by atoms with van der Waals surface area (Å²) in [5.74, 6) is -0.482. The Kier molecular flexibility index (Phi) is 5.55. The van der Waals surface area contributed by atoms with Crippen molar-refractivity contribution in [2.75, 3.05) is 13.1 Å². The van der Waals surface area contributed by atoms with Crippen molar-refractivity contribution < 1.29 is 21.6 Å². The Morgan fingerprint density at radius 3 is 2.20 bits per heavy atom. The minimum atomic E-state index is -4.56. The highest BCUT2D eigenvalue weighted by Gasteiger charge is 2.35. The zero-order valence-electron chi connectivity index (χ0n) is 11.0. The third-order valence-corrected chi connectivity index (χ3v) is 4.63. The summed E-state index contributed by atoms with van der Waals surface area (Å²) in [5, 5.41) is 0. The second kappa shape index (κ2) is 6.55. The number of nitrogens with two attached hydrogens (primary N) is 1. The highest BCUT2D eigenvalue weighted by Crippen LogP contribution is 2.21. The monoisotopic (exact) mass is 310 g/mol. The van der Waals surface area contributed by atoms with Gasteiger partial charge in [0, 0.05) is 13.1 Å². The maximum atomic E-state index is 12.4. The van der Waals surface area contributed by atoms with Crippen LogP contribution in [0.4, 0.5) is 13.2 Å². The third kappa shape index (κ3) is 4.77. The standard InChI is InChI=1S/C12H17F3N2O2S/c1-2-17(9-12(13,14)15)20(18,19)8-11-6-4-3-5-10(11)7-16/h3-6H,2,7-9,16H2,1H3. The molecular formula is C12H17F3N2O2S. The van der Waals surface area contributed by atoms with Crippen molar-refractivity contribution in [2.45, 2.75) is 25.4 Å². The van der Waals surface area contributed by atoms with Crippen LogP contribution < -0.4 is 5.73 Å². The molecule has 20 heavy (non-hydrogen) atoms. The van der Waals surface area contributed by atoms with Crippen molar-refractivity contribution in [1.29, 1.82) is 0 Å². The lowest BCUT2D eigenvalue weighted by Gasteiger charge is -2.22. The van der Waals surface area contributed by atoms with Gasteiger partial charge in [-0.05, 0) is 11.1 Å². The van der Waals surface area contributed by atoms with Crippen LogP contribution in [0.5, 0.6) is 0 Å². The van der Waals surface area contributed by atoms with Gasteiger partial charge in [0.1, 0.15) is 6.54 Å². The second-order valence-electron chi connectivity index (χ2n) is 4.27. The lowest BCUT2D eigenvalue weighted by atomic mass is 10.1. The molecule has 0 spiro atoms. The molecule has 0 aliphatic rings. The molecule has 0 amide bonds. The van der Waals surface area contributed by atoms with Crippen LogP contribution in [0, 0.1) is 0 Å². The summed E-state index contributed by atoms with van der Waals surface area (Å²) in [6.45, 7) is -0.196. The van der Waals surface area contributed by atoms with Crippen LogP contribution in [-0.4, -0.2) is 32.0 Å². The molecule has 0 radical (unpaired) electrons. The first-order valence-corrected chi connectivity index (χ1v) is 7.62. The maximum Gasteiger partial charge on any atom is 0.402 e. The zero-order chi connectivity index (χ0) is 15.4. The van der Waals surface area contributed by atoms with Crippen LogP contribution >= 0.6 is 0 Å². The molecule has 0 atom stereocenters. The van der Waals surface area contributed by atoms with Crippen molar-refractivity contribution in [2.24, 2.45) is 5.73 Å². The minimum absolute atomic E-state index is 0.136. The van der Waals surface area contributed by atoms with Crippen LogP contribution in [0.25, 0.3) is 0 Å². The minimum Gasteiger partial charge on any atom is -0.326 e. The number of nitrogens with zero attached hydrogens (tertiary/aromatic N) is 1. The first-order chi connectivity index (χ1) is 9.19. The Bertz CT molecular complexity index is 544. The Morgan fingerprint density at radius 2 is 1.75 bits per heavy atom. The quantitative estimate of drug-likeness (QED) is 0.872. The molecule has 0 aliphatic carbocycles. The molecule has 8 heteroatoms. The van der Waals surface area contributed by atoms with Crippen LogP contribution in [0.2, 0.25) is 0 Å². The summed E-state index contributed by atoms with van der Waals surface area (Å²) in [5.41, 5.74) is 6.53. The van der Waals surface area contributed by atoms with Gasteiger partial charge in [-0.2, -0.15) is 17.5 Å². The molecule has 0 heterocycles. The van der Waals surface area contributed by atoms with E-state index in [9.17, 15) is 21.6 Å². The number of halogens is 3. The van der Waals surface area contributed by atoms with Gasteiger partial charge in [0.25, 0.3) is 0 Å².